The summed E-state index contributed by atoms with van der Waals surface area (Å²) in [6.07, 6.45) is 0.0535. The van der Waals surface area contributed by atoms with Gasteiger partial charge in [-0.3, -0.25) is 0 Å². The van der Waals surface area contributed by atoms with E-state index in [2.05, 4.69) is 0 Å². The number of aryl methyl sites for hydroxylation is 1. The summed E-state index contributed by atoms with van der Waals surface area (Å²) in [5.41, 5.74) is 4.36. The summed E-state index contributed by atoms with van der Waals surface area (Å²) in [6, 6.07) is 10.5. The van der Waals surface area contributed by atoms with Crippen LogP contribution in [0.1, 0.15) is 55.7 Å². The number of benzene rings is 2. The second-order valence-electron chi connectivity index (χ2n) is 10.5. The van der Waals surface area contributed by atoms with Crippen LogP contribution in [0.15, 0.2) is 36.4 Å². The van der Waals surface area contributed by atoms with Crippen LogP contribution in [0, 0.1) is 19.7 Å². The Morgan fingerprint density at radius 1 is 1.24 bits per heavy atom. The van der Waals surface area contributed by atoms with Gasteiger partial charge in [0.05, 0.1) is 23.6 Å². The molecule has 0 radical (unpaired) electrons. The first kappa shape index (κ1) is 26.1. The quantitative estimate of drug-likeness (QED) is 0.303. The summed E-state index contributed by atoms with van der Waals surface area (Å²) < 4.78 is 28.7. The molecular formula is C29H29ClFN3O4. The van der Waals surface area contributed by atoms with Gasteiger partial charge in [-0.2, -0.15) is 5.10 Å². The molecule has 0 saturated carbocycles. The maximum atomic E-state index is 15.4. The van der Waals surface area contributed by atoms with Crippen molar-refractivity contribution >= 4 is 23.2 Å². The highest BCUT2D eigenvalue weighted by Gasteiger charge is 2.34. The molecule has 1 N–H and O–H groups in total. The van der Waals surface area contributed by atoms with Gasteiger partial charge in [-0.1, -0.05) is 23.7 Å². The molecule has 2 aromatic carbocycles. The average molecular weight is 538 g/mol. The van der Waals surface area contributed by atoms with Gasteiger partial charge in [-0.15, -0.1) is 0 Å². The molecule has 0 bridgehead atoms. The third kappa shape index (κ3) is 4.74. The molecule has 5 rings (SSSR count). The molecule has 0 spiro atoms. The number of ether oxygens (including phenoxy) is 2. The largest absolute Gasteiger partial charge is 0.490 e. The number of rotatable bonds is 5. The molecule has 2 aromatic heterocycles. The number of nitrogens with zero attached hydrogens (tertiary/aromatic N) is 3. The fourth-order valence-electron chi connectivity index (χ4n) is 4.99. The zero-order valence-electron chi connectivity index (χ0n) is 21.9. The van der Waals surface area contributed by atoms with Crippen LogP contribution in [-0.4, -0.2) is 37.9 Å². The molecule has 4 aromatic rings. The lowest BCUT2D eigenvalue weighted by atomic mass is 9.91. The van der Waals surface area contributed by atoms with Gasteiger partial charge in [0.25, 0.3) is 0 Å². The van der Waals surface area contributed by atoms with Gasteiger partial charge >= 0.3 is 5.97 Å². The summed E-state index contributed by atoms with van der Waals surface area (Å²) in [5.74, 6) is -1.42. The van der Waals surface area contributed by atoms with Crippen LogP contribution >= 0.6 is 11.6 Å². The second kappa shape index (κ2) is 9.67. The highest BCUT2D eigenvalue weighted by atomic mass is 35.5. The minimum Gasteiger partial charge on any atom is -0.490 e. The first-order valence-corrected chi connectivity index (χ1v) is 12.8. The smallest absolute Gasteiger partial charge is 0.337 e. The number of hydrogen-bond donors (Lipinski definition) is 1. The van der Waals surface area contributed by atoms with Crippen molar-refractivity contribution in [2.45, 2.75) is 59.2 Å². The van der Waals surface area contributed by atoms with E-state index >= 15 is 4.39 Å². The van der Waals surface area contributed by atoms with E-state index in [1.807, 2.05) is 19.1 Å². The Morgan fingerprint density at radius 2 is 2.00 bits per heavy atom. The van der Waals surface area contributed by atoms with Gasteiger partial charge in [-0.25, -0.2) is 18.7 Å². The Morgan fingerprint density at radius 3 is 2.68 bits per heavy atom. The van der Waals surface area contributed by atoms with Crippen molar-refractivity contribution in [2.24, 2.45) is 0 Å². The molecule has 1 unspecified atom stereocenters. The van der Waals surface area contributed by atoms with Gasteiger partial charge in [0, 0.05) is 39.0 Å². The molecule has 38 heavy (non-hydrogen) atoms. The lowest BCUT2D eigenvalue weighted by Crippen LogP contribution is -2.29. The van der Waals surface area contributed by atoms with Crippen LogP contribution in [0.25, 0.3) is 28.2 Å². The minimum atomic E-state index is -1.37. The van der Waals surface area contributed by atoms with Crippen LogP contribution in [0.3, 0.4) is 0 Å². The first-order valence-electron chi connectivity index (χ1n) is 12.5. The van der Waals surface area contributed by atoms with E-state index in [4.69, 9.17) is 31.2 Å². The van der Waals surface area contributed by atoms with Gasteiger partial charge in [-0.05, 0) is 71.2 Å². The highest BCUT2D eigenvalue weighted by Crippen LogP contribution is 2.42. The molecule has 0 saturated heterocycles. The fourth-order valence-corrected chi connectivity index (χ4v) is 5.18. The number of aromatic nitrogens is 3. The molecule has 9 heteroatoms. The van der Waals surface area contributed by atoms with Crippen molar-refractivity contribution in [3.05, 3.63) is 69.6 Å². The van der Waals surface area contributed by atoms with Crippen LogP contribution < -0.4 is 4.74 Å². The maximum Gasteiger partial charge on any atom is 0.337 e. The normalized spacial score (nSPS) is 14.3. The number of carbonyl (C=O) groups is 1. The molecule has 1 aliphatic rings. The van der Waals surface area contributed by atoms with Crippen molar-refractivity contribution < 1.29 is 23.8 Å². The average Bonchev–Trinajstić information content (AvgIpc) is 3.27. The second-order valence-corrected chi connectivity index (χ2v) is 10.9. The number of fused-ring (bicyclic) bond motifs is 2. The topological polar surface area (TPSA) is 86.0 Å². The van der Waals surface area contributed by atoms with E-state index in [9.17, 15) is 9.90 Å². The Hall–Kier alpha value is -3.49. The lowest BCUT2D eigenvalue weighted by Gasteiger charge is -2.28. The van der Waals surface area contributed by atoms with Gasteiger partial charge in [0.2, 0.25) is 0 Å². The Balaban J connectivity index is 1.87. The Kier molecular flexibility index (Phi) is 6.65. The number of hydrogen-bond acceptors (Lipinski definition) is 5. The molecule has 1 atom stereocenters. The van der Waals surface area contributed by atoms with Crippen molar-refractivity contribution in [3.8, 4) is 28.3 Å². The number of carboxylic acid groups (broad SMARTS) is 1. The SMILES string of the molecule is Cc1nc2cc(-c3cccc(Cl)c3)nn2c(-c2cc(F)c3c(c2C)CCCO3)c1C(OC(C)(C)C)C(=O)O. The lowest BCUT2D eigenvalue weighted by molar-refractivity contribution is -0.160. The van der Waals surface area contributed by atoms with Crippen LogP contribution in [0.2, 0.25) is 5.02 Å². The minimum absolute atomic E-state index is 0.252. The maximum absolute atomic E-state index is 15.4. The van der Waals surface area contributed by atoms with Crippen molar-refractivity contribution in [2.75, 3.05) is 6.61 Å². The molecule has 0 aliphatic carbocycles. The number of halogens is 2. The van der Waals surface area contributed by atoms with Crippen LogP contribution in [0.4, 0.5) is 4.39 Å². The number of aliphatic carboxylic acids is 1. The fraction of sp³-hybridized carbons (Fsp3) is 0.345. The molecule has 3 heterocycles. The number of carboxylic acids is 1. The van der Waals surface area contributed by atoms with E-state index in [1.54, 1.807) is 50.4 Å². The summed E-state index contributed by atoms with van der Waals surface area (Å²) in [7, 11) is 0. The third-order valence-corrected chi connectivity index (χ3v) is 6.83. The van der Waals surface area contributed by atoms with Crippen LogP contribution in [-0.2, 0) is 16.0 Å². The molecule has 0 amide bonds. The van der Waals surface area contributed by atoms with Crippen LogP contribution in [0.5, 0.6) is 5.75 Å². The Labute approximate surface area is 225 Å². The first-order chi connectivity index (χ1) is 17.9. The van der Waals surface area contributed by atoms with Crippen molar-refractivity contribution in [1.82, 2.24) is 14.6 Å². The molecule has 0 fully saturated rings. The van der Waals surface area contributed by atoms with Gasteiger partial charge in [0.15, 0.2) is 23.3 Å². The monoisotopic (exact) mass is 537 g/mol. The van der Waals surface area contributed by atoms with E-state index in [0.29, 0.717) is 51.9 Å². The standard InChI is InChI=1S/C29H29ClFN3O4/c1-15-19-10-7-11-37-26(19)21(31)13-20(15)25-24(27(28(35)36)38-29(3,4)5)16(2)32-23-14-22(33-34(23)25)17-8-6-9-18(30)12-17/h6,8-9,12-14,27H,7,10-11H2,1-5H3,(H,35,36). The van der Waals surface area contributed by atoms with Crippen molar-refractivity contribution in [3.63, 3.8) is 0 Å². The predicted molar refractivity (Wildman–Crippen MR) is 143 cm³/mol. The van der Waals surface area contributed by atoms with E-state index in [-0.39, 0.29) is 5.75 Å². The highest BCUT2D eigenvalue weighted by molar-refractivity contribution is 6.30. The third-order valence-electron chi connectivity index (χ3n) is 6.60. The van der Waals surface area contributed by atoms with E-state index in [0.717, 1.165) is 23.1 Å². The van der Waals surface area contributed by atoms with E-state index < -0.39 is 23.5 Å². The molecular weight excluding hydrogens is 509 g/mol. The zero-order valence-corrected chi connectivity index (χ0v) is 22.7. The van der Waals surface area contributed by atoms with E-state index in [1.165, 1.54) is 6.07 Å². The van der Waals surface area contributed by atoms with Gasteiger partial charge < -0.3 is 14.6 Å². The van der Waals surface area contributed by atoms with Gasteiger partial charge in [0.1, 0.15) is 0 Å². The zero-order chi connectivity index (χ0) is 27.4. The summed E-state index contributed by atoms with van der Waals surface area (Å²) >= 11 is 6.23. The predicted octanol–water partition coefficient (Wildman–Crippen LogP) is 6.74. The Bertz CT molecular complexity index is 1570. The molecule has 198 valence electrons. The molecule has 7 nitrogen and oxygen atoms in total. The summed E-state index contributed by atoms with van der Waals surface area (Å²) in [6.45, 7) is 9.45. The summed E-state index contributed by atoms with van der Waals surface area (Å²) in [5, 5.41) is 15.7. The summed E-state index contributed by atoms with van der Waals surface area (Å²) in [4.78, 5) is 17.3. The van der Waals surface area contributed by atoms with Crippen molar-refractivity contribution in [1.29, 1.82) is 0 Å². The molecule has 1 aliphatic heterocycles.